The van der Waals surface area contributed by atoms with Gasteiger partial charge in [-0.25, -0.2) is 29.9 Å². The molecule has 0 unspecified atom stereocenters. The standard InChI is InChI=1S/C45H35N3Si.C42H29N3OSi.C42H29N3SSi/c1-45(2)36-19-11-8-16-31(36)34-27-39-35(26-37(34)45)32-17-9-12-20-38(32)48(39)30-24-22-28(23-25-30)42-41-33-18-10-13-21-40(33)49(3,4)44(41)47-43(46-42)29-14-6-5-7-15-29;2*1-47(2)38-22-11-8-19-31(38)39-40(43-41(44-42(39)47)26-13-4-3-5-14-26)27-15-12-16-28(23-27)45-34-20-9-6-17-29(34)32-25-37-33(24-35(32)45)30-18-7-10-21-36(30)46-37/h5-27H,1-4H3;2*3-25H,1-2H3. The van der Waals surface area contributed by atoms with Crippen molar-refractivity contribution in [3.05, 3.63) is 430 Å². The predicted molar refractivity (Wildman–Crippen MR) is 606 cm³/mol. The van der Waals surface area contributed by atoms with Gasteiger partial charge in [0.05, 0.1) is 50.2 Å². The molecule has 1 aliphatic carbocycles. The van der Waals surface area contributed by atoms with Gasteiger partial charge in [-0.2, -0.15) is 0 Å². The zero-order chi connectivity index (χ0) is 95.6. The number of furan rings is 1. The van der Waals surface area contributed by atoms with Crippen LogP contribution >= 0.6 is 11.3 Å². The van der Waals surface area contributed by atoms with E-state index in [1.165, 1.54) is 162 Å². The molecule has 4 aliphatic rings. The van der Waals surface area contributed by atoms with E-state index in [1.807, 2.05) is 41.7 Å². The Kier molecular flexibility index (Phi) is 18.8. The maximum absolute atomic E-state index is 6.32. The molecule has 14 heteroatoms. The average Bonchev–Trinajstić information content (AvgIpc) is 1.90. The largest absolute Gasteiger partial charge is 0.456 e. The highest BCUT2D eigenvalue weighted by molar-refractivity contribution is 7.26. The van der Waals surface area contributed by atoms with Crippen LogP contribution in [0.2, 0.25) is 39.3 Å². The fraction of sp³-hybridized carbons (Fsp3) is 0.0698. The Morgan fingerprint density at radius 1 is 0.231 bits per heavy atom. The number of nitrogens with zero attached hydrogens (tertiary/aromatic N) is 9. The minimum Gasteiger partial charge on any atom is -0.456 e. The SMILES string of the molecule is CC1(C)c2ccccc2-c2cc3c(cc21)c1ccccc1n3-c1ccc(-c2nc(-c3ccccc3)nc3c2-c2ccccc2[Si]3(C)C)cc1.C[Si]1(C)c2ccccc2-c2c(-c3cccc(-n4c5ccccc5c5cc6oc7ccccc7c6cc54)c3)nc(-c3ccccc3)nc21.C[Si]1(C)c2ccccc2-c2c(-c3cccc(-n4c5ccccc5c5cc6sc7ccccc7c6cc54)c3)nc(-c3ccccc3)nc21. The number of aromatic nitrogens is 9. The zero-order valence-corrected chi connectivity index (χ0v) is 84.0. The molecular formula is C129H93N9OSSi3. The topological polar surface area (TPSA) is 105 Å². The first-order chi connectivity index (χ1) is 69.9. The Hall–Kier alpha value is -16.7. The third-order valence-corrected chi connectivity index (χ3v) is 42.2. The van der Waals surface area contributed by atoms with Gasteiger partial charge < -0.3 is 18.1 Å². The van der Waals surface area contributed by atoms with Crippen molar-refractivity contribution in [1.29, 1.82) is 0 Å². The number of fused-ring (bicyclic) bond motifs is 27. The highest BCUT2D eigenvalue weighted by Crippen LogP contribution is 2.53. The zero-order valence-electron chi connectivity index (χ0n) is 80.2. The van der Waals surface area contributed by atoms with Crippen molar-refractivity contribution in [2.75, 3.05) is 0 Å². The first kappa shape index (κ1) is 84.3. The fourth-order valence-electron chi connectivity index (χ4n) is 24.1. The second-order valence-corrected chi connectivity index (χ2v) is 54.6. The second-order valence-electron chi connectivity index (χ2n) is 40.7. The minimum atomic E-state index is -2.06. The number of hydrogen-bond acceptors (Lipinski definition) is 8. The van der Waals surface area contributed by atoms with E-state index in [1.54, 1.807) is 0 Å². The molecule has 18 aromatic carbocycles. The summed E-state index contributed by atoms with van der Waals surface area (Å²) >= 11 is 1.87. The van der Waals surface area contributed by atoms with Gasteiger partial charge in [0, 0.05) is 152 Å². The number of benzene rings is 18. The van der Waals surface area contributed by atoms with Gasteiger partial charge in [0.25, 0.3) is 0 Å². The van der Waals surface area contributed by atoms with Crippen LogP contribution in [0.3, 0.4) is 0 Å². The van der Waals surface area contributed by atoms with Crippen LogP contribution in [0.4, 0.5) is 0 Å². The van der Waals surface area contributed by atoms with Gasteiger partial charge in [-0.3, -0.25) is 0 Å². The van der Waals surface area contributed by atoms with Crippen molar-refractivity contribution in [2.24, 2.45) is 0 Å². The van der Waals surface area contributed by atoms with Crippen LogP contribution in [0.5, 0.6) is 0 Å². The Morgan fingerprint density at radius 3 is 1.10 bits per heavy atom. The van der Waals surface area contributed by atoms with E-state index < -0.39 is 24.2 Å². The molecule has 0 spiro atoms. The van der Waals surface area contributed by atoms with E-state index in [0.717, 1.165) is 118 Å². The van der Waals surface area contributed by atoms with E-state index in [-0.39, 0.29) is 5.41 Å². The van der Waals surface area contributed by atoms with E-state index in [9.17, 15) is 0 Å². The average molecular weight is 1900 g/mol. The van der Waals surface area contributed by atoms with Crippen LogP contribution in [-0.4, -0.2) is 67.8 Å². The Balaban J connectivity index is 0.000000105. The van der Waals surface area contributed by atoms with E-state index in [0.29, 0.717) is 0 Å². The van der Waals surface area contributed by atoms with Gasteiger partial charge in [-0.05, 0) is 158 Å². The van der Waals surface area contributed by atoms with Crippen molar-refractivity contribution < 1.29 is 4.42 Å². The maximum atomic E-state index is 6.32. The lowest BCUT2D eigenvalue weighted by molar-refractivity contribution is 0.661. The fourth-order valence-corrected chi connectivity index (χ4v) is 34.0. The molecule has 0 amide bonds. The second kappa shape index (κ2) is 31.9. The number of thiophene rings is 1. The summed E-state index contributed by atoms with van der Waals surface area (Å²) in [5, 5.41) is 20.3. The van der Waals surface area contributed by atoms with E-state index in [2.05, 4.69) is 455 Å². The molecule has 0 radical (unpaired) electrons. The van der Waals surface area contributed by atoms with Gasteiger partial charge in [-0.15, -0.1) is 11.3 Å². The van der Waals surface area contributed by atoms with Crippen LogP contribution in [0.1, 0.15) is 25.0 Å². The Labute approximate surface area is 834 Å². The number of rotatable bonds is 9. The normalized spacial score (nSPS) is 14.0. The summed E-state index contributed by atoms with van der Waals surface area (Å²) in [6.45, 7) is 19.2. The minimum absolute atomic E-state index is 0.0442. The van der Waals surface area contributed by atoms with Crippen LogP contribution in [0, 0.1) is 0 Å². The van der Waals surface area contributed by atoms with Crippen LogP contribution < -0.4 is 31.5 Å². The number of para-hydroxylation sites is 4. The summed E-state index contributed by atoms with van der Waals surface area (Å²) in [5.41, 5.74) is 34.7. The summed E-state index contributed by atoms with van der Waals surface area (Å²) < 4.78 is 16.2. The van der Waals surface area contributed by atoms with Crippen molar-refractivity contribution in [3.63, 3.8) is 0 Å². The first-order valence-corrected chi connectivity index (χ1v) is 59.2. The quantitative estimate of drug-likeness (QED) is 0.133. The first-order valence-electron chi connectivity index (χ1n) is 49.4. The molecule has 11 heterocycles. The van der Waals surface area contributed by atoms with E-state index in [4.69, 9.17) is 34.3 Å². The highest BCUT2D eigenvalue weighted by atomic mass is 32.1. The molecule has 10 nitrogen and oxygen atoms in total. The van der Waals surface area contributed by atoms with Crippen molar-refractivity contribution in [3.8, 4) is 130 Å². The van der Waals surface area contributed by atoms with Crippen molar-refractivity contribution in [1.82, 2.24) is 43.6 Å². The van der Waals surface area contributed by atoms with Gasteiger partial charge in [0.2, 0.25) is 0 Å². The molecule has 8 aromatic heterocycles. The lowest BCUT2D eigenvalue weighted by Gasteiger charge is -2.21. The lowest BCUT2D eigenvalue weighted by Crippen LogP contribution is -2.50. The predicted octanol–water partition coefficient (Wildman–Crippen LogP) is 29.7. The van der Waals surface area contributed by atoms with Gasteiger partial charge in [0.1, 0.15) is 35.4 Å². The van der Waals surface area contributed by atoms with Gasteiger partial charge >= 0.3 is 0 Å². The van der Waals surface area contributed by atoms with Crippen molar-refractivity contribution in [2.45, 2.75) is 58.5 Å². The molecule has 30 rings (SSSR count). The molecule has 678 valence electrons. The van der Waals surface area contributed by atoms with Crippen LogP contribution in [0.15, 0.2) is 423 Å². The third-order valence-electron chi connectivity index (χ3n) is 31.1. The molecular weight excluding hydrogens is 1810 g/mol. The molecule has 3 aliphatic heterocycles. The third kappa shape index (κ3) is 12.9. The summed E-state index contributed by atoms with van der Waals surface area (Å²) in [5.74, 6) is 2.37. The monoisotopic (exact) mass is 1900 g/mol. The lowest BCUT2D eigenvalue weighted by atomic mass is 9.82. The smallest absolute Gasteiger partial charge is 0.159 e. The molecule has 0 N–H and O–H groups in total. The molecule has 0 fully saturated rings. The molecule has 143 heavy (non-hydrogen) atoms. The summed E-state index contributed by atoms with van der Waals surface area (Å²) in [6, 6.07) is 151. The molecule has 0 atom stereocenters. The summed E-state index contributed by atoms with van der Waals surface area (Å²) in [6.07, 6.45) is 0. The molecule has 26 aromatic rings. The van der Waals surface area contributed by atoms with Gasteiger partial charge in [0.15, 0.2) is 17.5 Å². The summed E-state index contributed by atoms with van der Waals surface area (Å²) in [4.78, 5) is 32.0. The Morgan fingerprint density at radius 2 is 0.608 bits per heavy atom. The van der Waals surface area contributed by atoms with Crippen LogP contribution in [-0.2, 0) is 5.41 Å². The van der Waals surface area contributed by atoms with Gasteiger partial charge in [-0.1, -0.05) is 369 Å². The number of hydrogen-bond donors (Lipinski definition) is 0. The maximum Gasteiger partial charge on any atom is 0.159 e. The molecule has 0 saturated carbocycles. The molecule has 0 saturated heterocycles. The van der Waals surface area contributed by atoms with Crippen LogP contribution in [0.25, 0.3) is 237 Å². The van der Waals surface area contributed by atoms with E-state index >= 15 is 0 Å². The van der Waals surface area contributed by atoms with Crippen molar-refractivity contribution >= 4 is 175 Å². The summed E-state index contributed by atoms with van der Waals surface area (Å²) in [7, 11) is -6.13. The molecule has 0 bridgehead atoms. The Bertz CT molecular complexity index is 9500. The highest BCUT2D eigenvalue weighted by Gasteiger charge is 2.46.